The topological polar surface area (TPSA) is 70.2 Å². The smallest absolute Gasteiger partial charge is 0.276 e. The van der Waals surface area contributed by atoms with E-state index in [1.165, 1.54) is 11.8 Å². The van der Waals surface area contributed by atoms with Crippen molar-refractivity contribution < 1.29 is 9.21 Å². The van der Waals surface area contributed by atoms with Crippen molar-refractivity contribution in [2.75, 3.05) is 5.75 Å². The number of rotatable bonds is 3. The van der Waals surface area contributed by atoms with Crippen LogP contribution >= 0.6 is 34.4 Å². The third kappa shape index (κ3) is 2.99. The molecule has 2 aromatic rings. The van der Waals surface area contributed by atoms with Gasteiger partial charge in [-0.05, 0) is 40.8 Å². The number of furan rings is 1. The molecule has 8 heteroatoms. The second-order valence-electron chi connectivity index (χ2n) is 5.31. The van der Waals surface area contributed by atoms with Gasteiger partial charge in [-0.3, -0.25) is 10.1 Å². The maximum absolute atomic E-state index is 12.8. The molecule has 2 aliphatic rings. The summed E-state index contributed by atoms with van der Waals surface area (Å²) >= 11 is 3.52. The highest BCUT2D eigenvalue weighted by Crippen LogP contribution is 2.31. The Morgan fingerprint density at radius 2 is 2.20 bits per heavy atom. The molecule has 1 atom stereocenters. The van der Waals surface area contributed by atoms with E-state index >= 15 is 0 Å². The van der Waals surface area contributed by atoms with Gasteiger partial charge in [-0.1, -0.05) is 36.0 Å². The summed E-state index contributed by atoms with van der Waals surface area (Å²) in [4.78, 5) is 17.5. The maximum Gasteiger partial charge on any atom is 0.276 e. The first-order valence-corrected chi connectivity index (χ1v) is 9.59. The van der Waals surface area contributed by atoms with Crippen LogP contribution in [0.3, 0.4) is 0 Å². The first kappa shape index (κ1) is 16.4. The van der Waals surface area contributed by atoms with E-state index in [4.69, 9.17) is 9.41 Å². The van der Waals surface area contributed by atoms with E-state index in [-0.39, 0.29) is 5.91 Å². The number of nitrogens with one attached hydrogen (secondary N) is 1. The SMILES string of the molecule is C=CCSC1=NN2C(=c3ccccc3=N[C@H]2c2ccc(I)o2)C(=O)N1. The Morgan fingerprint density at radius 1 is 1.36 bits per heavy atom. The van der Waals surface area contributed by atoms with Crippen LogP contribution in [0.1, 0.15) is 11.9 Å². The lowest BCUT2D eigenvalue weighted by atomic mass is 10.1. The van der Waals surface area contributed by atoms with E-state index in [0.29, 0.717) is 22.4 Å². The zero-order valence-electron chi connectivity index (χ0n) is 13.0. The van der Waals surface area contributed by atoms with Crippen molar-refractivity contribution in [3.63, 3.8) is 0 Å². The molecule has 1 aromatic carbocycles. The lowest BCUT2D eigenvalue weighted by Crippen LogP contribution is -2.50. The van der Waals surface area contributed by atoms with Gasteiger partial charge in [-0.2, -0.15) is 0 Å². The Morgan fingerprint density at radius 3 is 2.96 bits per heavy atom. The Balaban J connectivity index is 1.91. The zero-order chi connectivity index (χ0) is 17.4. The van der Waals surface area contributed by atoms with Crippen molar-refractivity contribution in [2.45, 2.75) is 6.17 Å². The molecule has 0 spiro atoms. The number of carbonyl (C=O) groups is 1. The van der Waals surface area contributed by atoms with E-state index in [0.717, 1.165) is 14.3 Å². The molecule has 0 saturated carbocycles. The number of benzene rings is 1. The van der Waals surface area contributed by atoms with Gasteiger partial charge in [-0.25, -0.2) is 10.0 Å². The van der Waals surface area contributed by atoms with Crippen LogP contribution < -0.4 is 15.9 Å². The van der Waals surface area contributed by atoms with E-state index in [9.17, 15) is 4.79 Å². The highest BCUT2D eigenvalue weighted by Gasteiger charge is 2.35. The monoisotopic (exact) mass is 464 g/mol. The average molecular weight is 464 g/mol. The third-order valence-corrected chi connectivity index (χ3v) is 5.14. The molecule has 1 amide bonds. The molecule has 0 bridgehead atoms. The number of halogens is 1. The van der Waals surface area contributed by atoms with Crippen LogP contribution in [-0.2, 0) is 4.79 Å². The predicted molar refractivity (Wildman–Crippen MR) is 105 cm³/mol. The number of hydrazone groups is 1. The van der Waals surface area contributed by atoms with Crippen LogP contribution in [0.2, 0.25) is 0 Å². The molecule has 4 rings (SSSR count). The molecule has 2 aliphatic heterocycles. The Kier molecular flexibility index (Phi) is 4.38. The molecule has 1 aromatic heterocycles. The van der Waals surface area contributed by atoms with Gasteiger partial charge >= 0.3 is 0 Å². The molecule has 0 radical (unpaired) electrons. The van der Waals surface area contributed by atoms with Crippen molar-refractivity contribution in [1.82, 2.24) is 10.3 Å². The van der Waals surface area contributed by atoms with E-state index in [1.807, 2.05) is 36.4 Å². The highest BCUT2D eigenvalue weighted by atomic mass is 127. The highest BCUT2D eigenvalue weighted by molar-refractivity contribution is 14.1. The van der Waals surface area contributed by atoms with Gasteiger partial charge in [0.15, 0.2) is 14.7 Å². The number of fused-ring (bicyclic) bond motifs is 2. The number of para-hydroxylation sites is 1. The van der Waals surface area contributed by atoms with Crippen LogP contribution in [0.5, 0.6) is 0 Å². The van der Waals surface area contributed by atoms with Crippen LogP contribution in [0, 0.1) is 3.77 Å². The lowest BCUT2D eigenvalue weighted by molar-refractivity contribution is -0.116. The fourth-order valence-electron chi connectivity index (χ4n) is 2.68. The maximum atomic E-state index is 12.8. The van der Waals surface area contributed by atoms with Crippen LogP contribution in [0.15, 0.2) is 63.6 Å². The fourth-order valence-corrected chi connectivity index (χ4v) is 3.70. The molecular formula is C17H13IN4O2S. The van der Waals surface area contributed by atoms with Gasteiger partial charge in [0.25, 0.3) is 5.91 Å². The lowest BCUT2D eigenvalue weighted by Gasteiger charge is -2.32. The Labute approximate surface area is 161 Å². The summed E-state index contributed by atoms with van der Waals surface area (Å²) in [5.41, 5.74) is 0.477. The van der Waals surface area contributed by atoms with Crippen molar-refractivity contribution in [3.05, 3.63) is 69.2 Å². The van der Waals surface area contributed by atoms with Gasteiger partial charge in [0.2, 0.25) is 6.17 Å². The van der Waals surface area contributed by atoms with Crippen LogP contribution in [0.25, 0.3) is 5.70 Å². The molecule has 0 saturated heterocycles. The molecule has 1 N–H and O–H groups in total. The summed E-state index contributed by atoms with van der Waals surface area (Å²) in [7, 11) is 0. The van der Waals surface area contributed by atoms with Gasteiger partial charge in [0.05, 0.1) is 5.36 Å². The summed E-state index contributed by atoms with van der Waals surface area (Å²) in [5, 5.41) is 11.1. The number of nitrogens with zero attached hydrogens (tertiary/aromatic N) is 3. The standard InChI is InChI=1S/C17H13IN4O2S/c1-2-9-25-17-20-16(23)14-10-5-3-4-6-11(10)19-15(22(14)21-17)12-7-8-13(18)24-12/h2-8,15H,1,9H2,(H,20,21,23)/t15-/m1/s1. The molecule has 6 nitrogen and oxygen atoms in total. The minimum absolute atomic E-state index is 0.199. The zero-order valence-corrected chi connectivity index (χ0v) is 16.0. The molecule has 0 unspecified atom stereocenters. The number of carbonyl (C=O) groups excluding carboxylic acids is 1. The largest absolute Gasteiger partial charge is 0.451 e. The van der Waals surface area contributed by atoms with Crippen LogP contribution in [-0.4, -0.2) is 21.8 Å². The number of hydrogen-bond acceptors (Lipinski definition) is 6. The Hall–Kier alpha value is -2.07. The predicted octanol–water partition coefficient (Wildman–Crippen LogP) is 1.95. The van der Waals surface area contributed by atoms with E-state index < -0.39 is 6.17 Å². The van der Waals surface area contributed by atoms with Crippen molar-refractivity contribution in [1.29, 1.82) is 0 Å². The van der Waals surface area contributed by atoms with Gasteiger partial charge < -0.3 is 4.42 Å². The number of amides is 1. The van der Waals surface area contributed by atoms with Gasteiger partial charge in [0.1, 0.15) is 5.70 Å². The number of hydrogen-bond donors (Lipinski definition) is 1. The molecule has 0 fully saturated rings. The Bertz CT molecular complexity index is 1010. The minimum Gasteiger partial charge on any atom is -0.451 e. The summed E-state index contributed by atoms with van der Waals surface area (Å²) < 4.78 is 6.51. The normalized spacial score (nSPS) is 18.7. The van der Waals surface area contributed by atoms with Gasteiger partial charge in [0, 0.05) is 11.0 Å². The fraction of sp³-hybridized carbons (Fsp3) is 0.118. The average Bonchev–Trinajstić information content (AvgIpc) is 3.05. The van der Waals surface area contributed by atoms with E-state index in [1.54, 1.807) is 11.1 Å². The first-order valence-electron chi connectivity index (χ1n) is 7.52. The molecule has 0 aliphatic carbocycles. The molecular weight excluding hydrogens is 451 g/mol. The second kappa shape index (κ2) is 6.68. The second-order valence-corrected chi connectivity index (χ2v) is 7.39. The third-order valence-electron chi connectivity index (χ3n) is 3.70. The molecule has 126 valence electrons. The van der Waals surface area contributed by atoms with Crippen LogP contribution in [0.4, 0.5) is 0 Å². The summed E-state index contributed by atoms with van der Waals surface area (Å²) in [5.74, 6) is 1.09. The van der Waals surface area contributed by atoms with Crippen molar-refractivity contribution in [3.8, 4) is 0 Å². The van der Waals surface area contributed by atoms with Gasteiger partial charge in [-0.15, -0.1) is 11.7 Å². The first-order chi connectivity index (χ1) is 12.2. The molecule has 25 heavy (non-hydrogen) atoms. The number of amidine groups is 1. The minimum atomic E-state index is -0.515. The summed E-state index contributed by atoms with van der Waals surface area (Å²) in [6, 6.07) is 11.3. The van der Waals surface area contributed by atoms with Crippen molar-refractivity contribution >= 4 is 51.1 Å². The van der Waals surface area contributed by atoms with E-state index in [2.05, 4.69) is 39.6 Å². The quantitative estimate of drug-likeness (QED) is 0.557. The summed E-state index contributed by atoms with van der Waals surface area (Å²) in [6.07, 6.45) is 1.25. The van der Waals surface area contributed by atoms with Crippen molar-refractivity contribution in [2.24, 2.45) is 10.1 Å². The summed E-state index contributed by atoms with van der Waals surface area (Å²) in [6.45, 7) is 3.70. The molecule has 3 heterocycles. The number of thioether (sulfide) groups is 1.